The van der Waals surface area contributed by atoms with Crippen LogP contribution in [0.15, 0.2) is 30.3 Å². The third kappa shape index (κ3) is 4.15. The molecule has 0 bridgehead atoms. The van der Waals surface area contributed by atoms with E-state index in [1.54, 1.807) is 0 Å². The predicted octanol–water partition coefficient (Wildman–Crippen LogP) is 3.44. The smallest absolute Gasteiger partial charge is 0.254 e. The lowest BCUT2D eigenvalue weighted by atomic mass is 9.98. The van der Waals surface area contributed by atoms with Crippen molar-refractivity contribution in [2.75, 3.05) is 27.2 Å². The van der Waals surface area contributed by atoms with Gasteiger partial charge in [-0.2, -0.15) is 5.10 Å². The average molecular weight is 354 g/mol. The number of rotatable bonds is 5. The molecule has 0 N–H and O–H groups in total. The van der Waals surface area contributed by atoms with Gasteiger partial charge in [-0.1, -0.05) is 0 Å². The van der Waals surface area contributed by atoms with E-state index in [0.29, 0.717) is 6.04 Å². The second-order valence-corrected chi connectivity index (χ2v) is 7.63. The number of amides is 1. The van der Waals surface area contributed by atoms with Crippen molar-refractivity contribution in [1.82, 2.24) is 19.6 Å². The molecule has 0 saturated carbocycles. The zero-order chi connectivity index (χ0) is 18.7. The first-order valence-electron chi connectivity index (χ1n) is 9.55. The molecule has 2 heterocycles. The summed E-state index contributed by atoms with van der Waals surface area (Å²) >= 11 is 0. The number of benzene rings is 1. The summed E-state index contributed by atoms with van der Waals surface area (Å²) in [6, 6.07) is 10.3. The van der Waals surface area contributed by atoms with Crippen molar-refractivity contribution in [3.8, 4) is 5.69 Å². The first-order chi connectivity index (χ1) is 12.5. The summed E-state index contributed by atoms with van der Waals surface area (Å²) in [5.41, 5.74) is 3.86. The van der Waals surface area contributed by atoms with Crippen LogP contribution >= 0.6 is 0 Å². The molecule has 2 aromatic rings. The summed E-state index contributed by atoms with van der Waals surface area (Å²) in [6.07, 6.45) is 4.48. The fraction of sp³-hybridized carbons (Fsp3) is 0.524. The van der Waals surface area contributed by atoms with Crippen molar-refractivity contribution in [3.63, 3.8) is 0 Å². The molecule has 1 aliphatic rings. The fourth-order valence-electron chi connectivity index (χ4n) is 3.78. The molecule has 26 heavy (non-hydrogen) atoms. The summed E-state index contributed by atoms with van der Waals surface area (Å²) in [5, 5.41) is 4.51. The number of nitrogens with zero attached hydrogens (tertiary/aromatic N) is 4. The lowest BCUT2D eigenvalue weighted by Gasteiger charge is -2.36. The van der Waals surface area contributed by atoms with Crippen LogP contribution in [0.1, 0.15) is 47.4 Å². The highest BCUT2D eigenvalue weighted by atomic mass is 16.2. The molecule has 1 amide bonds. The number of carbonyl (C=O) groups is 1. The van der Waals surface area contributed by atoms with Crippen molar-refractivity contribution in [3.05, 3.63) is 47.3 Å². The Balaban J connectivity index is 1.75. The summed E-state index contributed by atoms with van der Waals surface area (Å²) < 4.78 is 1.92. The van der Waals surface area contributed by atoms with Crippen LogP contribution in [0.3, 0.4) is 0 Å². The highest BCUT2D eigenvalue weighted by molar-refractivity contribution is 5.94. The van der Waals surface area contributed by atoms with Crippen LogP contribution in [-0.4, -0.2) is 58.7 Å². The van der Waals surface area contributed by atoms with Gasteiger partial charge in [0.25, 0.3) is 5.91 Å². The molecule has 0 spiro atoms. The molecular formula is C21H30N4O. The quantitative estimate of drug-likeness (QED) is 0.826. The molecule has 1 aromatic heterocycles. The molecular weight excluding hydrogens is 324 g/mol. The standard InChI is InChI=1S/C21H30N4O/c1-16-15-17(2)25(22-16)20-10-8-18(9-11-20)21(26)24-13-6-5-7-19(24)12-14-23(3)4/h8-11,15,19H,5-7,12-14H2,1-4H3/t19-/m1/s1. The van der Waals surface area contributed by atoms with Crippen LogP contribution in [0, 0.1) is 13.8 Å². The molecule has 1 saturated heterocycles. The van der Waals surface area contributed by atoms with Crippen molar-refractivity contribution in [2.45, 2.75) is 45.6 Å². The van der Waals surface area contributed by atoms with E-state index in [4.69, 9.17) is 0 Å². The summed E-state index contributed by atoms with van der Waals surface area (Å²) in [7, 11) is 4.18. The van der Waals surface area contributed by atoms with E-state index in [0.717, 1.165) is 55.0 Å². The predicted molar refractivity (Wildman–Crippen MR) is 105 cm³/mol. The average Bonchev–Trinajstić information content (AvgIpc) is 2.98. The van der Waals surface area contributed by atoms with Crippen molar-refractivity contribution < 1.29 is 4.79 Å². The number of hydrogen-bond donors (Lipinski definition) is 0. The highest BCUT2D eigenvalue weighted by Gasteiger charge is 2.27. The Morgan fingerprint density at radius 2 is 1.92 bits per heavy atom. The van der Waals surface area contributed by atoms with E-state index in [-0.39, 0.29) is 5.91 Å². The van der Waals surface area contributed by atoms with Crippen molar-refractivity contribution >= 4 is 5.91 Å². The van der Waals surface area contributed by atoms with E-state index < -0.39 is 0 Å². The second-order valence-electron chi connectivity index (χ2n) is 7.63. The first-order valence-corrected chi connectivity index (χ1v) is 9.55. The van der Waals surface area contributed by atoms with Gasteiger partial charge < -0.3 is 9.80 Å². The van der Waals surface area contributed by atoms with Gasteiger partial charge in [-0.05, 0) is 90.5 Å². The lowest BCUT2D eigenvalue weighted by Crippen LogP contribution is -2.44. The summed E-state index contributed by atoms with van der Waals surface area (Å²) in [4.78, 5) is 17.3. The Bertz CT molecular complexity index is 748. The number of piperidine rings is 1. The monoisotopic (exact) mass is 354 g/mol. The maximum absolute atomic E-state index is 13.1. The highest BCUT2D eigenvalue weighted by Crippen LogP contribution is 2.23. The molecule has 3 rings (SSSR count). The Kier molecular flexibility index (Phi) is 5.77. The van der Waals surface area contributed by atoms with Gasteiger partial charge in [0, 0.05) is 23.8 Å². The van der Waals surface area contributed by atoms with Gasteiger partial charge in [-0.3, -0.25) is 4.79 Å². The molecule has 140 valence electrons. The van der Waals surface area contributed by atoms with Crippen LogP contribution < -0.4 is 0 Å². The topological polar surface area (TPSA) is 41.4 Å². The van der Waals surface area contributed by atoms with Crippen molar-refractivity contribution in [1.29, 1.82) is 0 Å². The molecule has 5 heteroatoms. The zero-order valence-electron chi connectivity index (χ0n) is 16.4. The van der Waals surface area contributed by atoms with Crippen LogP contribution in [-0.2, 0) is 0 Å². The van der Waals surface area contributed by atoms with E-state index in [2.05, 4.69) is 35.1 Å². The van der Waals surface area contributed by atoms with Gasteiger partial charge in [0.2, 0.25) is 0 Å². The molecule has 5 nitrogen and oxygen atoms in total. The third-order valence-corrected chi connectivity index (χ3v) is 5.17. The van der Waals surface area contributed by atoms with Gasteiger partial charge >= 0.3 is 0 Å². The molecule has 0 aliphatic carbocycles. The van der Waals surface area contributed by atoms with Crippen LogP contribution in [0.5, 0.6) is 0 Å². The number of aryl methyl sites for hydroxylation is 2. The Labute approximate surface area is 156 Å². The normalized spacial score (nSPS) is 17.7. The van der Waals surface area contributed by atoms with Gasteiger partial charge in [0.05, 0.1) is 11.4 Å². The van der Waals surface area contributed by atoms with Gasteiger partial charge in [-0.25, -0.2) is 4.68 Å². The summed E-state index contributed by atoms with van der Waals surface area (Å²) in [6.45, 7) is 5.93. The molecule has 0 unspecified atom stereocenters. The Morgan fingerprint density at radius 3 is 2.54 bits per heavy atom. The van der Waals surface area contributed by atoms with Gasteiger partial charge in [-0.15, -0.1) is 0 Å². The zero-order valence-corrected chi connectivity index (χ0v) is 16.4. The van der Waals surface area contributed by atoms with E-state index in [1.807, 2.05) is 42.8 Å². The molecule has 1 aromatic carbocycles. The maximum Gasteiger partial charge on any atom is 0.254 e. The van der Waals surface area contributed by atoms with E-state index in [9.17, 15) is 4.79 Å². The molecule has 1 aliphatic heterocycles. The Morgan fingerprint density at radius 1 is 1.19 bits per heavy atom. The second kappa shape index (κ2) is 8.04. The van der Waals surface area contributed by atoms with Crippen LogP contribution in [0.2, 0.25) is 0 Å². The van der Waals surface area contributed by atoms with Crippen molar-refractivity contribution in [2.24, 2.45) is 0 Å². The number of carbonyl (C=O) groups excluding carboxylic acids is 1. The minimum atomic E-state index is 0.161. The number of aromatic nitrogens is 2. The molecule has 1 atom stereocenters. The number of likely N-dealkylation sites (tertiary alicyclic amines) is 1. The minimum Gasteiger partial charge on any atom is -0.336 e. The fourth-order valence-corrected chi connectivity index (χ4v) is 3.78. The van der Waals surface area contributed by atoms with E-state index >= 15 is 0 Å². The van der Waals surface area contributed by atoms with Gasteiger partial charge in [0.1, 0.15) is 0 Å². The largest absolute Gasteiger partial charge is 0.336 e. The molecule has 1 fully saturated rings. The van der Waals surface area contributed by atoms with Crippen LogP contribution in [0.25, 0.3) is 5.69 Å². The molecule has 0 radical (unpaired) electrons. The first kappa shape index (κ1) is 18.6. The number of hydrogen-bond acceptors (Lipinski definition) is 3. The lowest BCUT2D eigenvalue weighted by molar-refractivity contribution is 0.0591. The van der Waals surface area contributed by atoms with E-state index in [1.165, 1.54) is 6.42 Å². The third-order valence-electron chi connectivity index (χ3n) is 5.17. The minimum absolute atomic E-state index is 0.161. The Hall–Kier alpha value is -2.14. The maximum atomic E-state index is 13.1. The van der Waals surface area contributed by atoms with Gasteiger partial charge in [0.15, 0.2) is 0 Å². The SMILES string of the molecule is Cc1cc(C)n(-c2ccc(C(=O)N3CCCC[C@@H]3CCN(C)C)cc2)n1. The summed E-state index contributed by atoms with van der Waals surface area (Å²) in [5.74, 6) is 0.161. The van der Waals surface area contributed by atoms with Crippen LogP contribution in [0.4, 0.5) is 0 Å².